The van der Waals surface area contributed by atoms with Gasteiger partial charge < -0.3 is 10.2 Å². The van der Waals surface area contributed by atoms with Gasteiger partial charge in [-0.3, -0.25) is 9.59 Å². The van der Waals surface area contributed by atoms with Gasteiger partial charge in [-0.05, 0) is 37.3 Å². The van der Waals surface area contributed by atoms with E-state index in [-0.39, 0.29) is 17.9 Å². The van der Waals surface area contributed by atoms with Crippen LogP contribution in [0.1, 0.15) is 62.1 Å². The van der Waals surface area contributed by atoms with Crippen LogP contribution in [-0.2, 0) is 21.9 Å². The Labute approximate surface area is 197 Å². The van der Waals surface area contributed by atoms with Gasteiger partial charge in [-0.25, -0.2) is 0 Å². The van der Waals surface area contributed by atoms with Crippen molar-refractivity contribution in [3.8, 4) is 0 Å². The first-order valence-electron chi connectivity index (χ1n) is 11.8. The molecule has 32 heavy (non-hydrogen) atoms. The van der Waals surface area contributed by atoms with Crippen molar-refractivity contribution in [2.75, 3.05) is 5.75 Å². The Kier molecular flexibility index (Phi) is 9.66. The Morgan fingerprint density at radius 1 is 1.00 bits per heavy atom. The third kappa shape index (κ3) is 7.40. The predicted molar refractivity (Wildman–Crippen MR) is 133 cm³/mol. The highest BCUT2D eigenvalue weighted by Crippen LogP contribution is 2.20. The van der Waals surface area contributed by atoms with Crippen molar-refractivity contribution in [1.82, 2.24) is 10.2 Å². The van der Waals surface area contributed by atoms with Gasteiger partial charge in [0.1, 0.15) is 6.04 Å². The number of amides is 2. The minimum absolute atomic E-state index is 0.00655. The van der Waals surface area contributed by atoms with Gasteiger partial charge >= 0.3 is 0 Å². The zero-order valence-corrected chi connectivity index (χ0v) is 20.2. The van der Waals surface area contributed by atoms with Crippen molar-refractivity contribution in [3.63, 3.8) is 0 Å². The number of benzene rings is 2. The highest BCUT2D eigenvalue weighted by molar-refractivity contribution is 7.99. The normalized spacial score (nSPS) is 15.2. The van der Waals surface area contributed by atoms with Gasteiger partial charge in [-0.15, -0.1) is 11.8 Å². The Hall–Kier alpha value is -2.27. The van der Waals surface area contributed by atoms with Gasteiger partial charge in [0.2, 0.25) is 11.8 Å². The molecule has 1 aliphatic carbocycles. The molecule has 0 heterocycles. The summed E-state index contributed by atoms with van der Waals surface area (Å²) >= 11 is 1.61. The van der Waals surface area contributed by atoms with Crippen LogP contribution in [0.15, 0.2) is 54.6 Å². The second kappa shape index (κ2) is 12.7. The molecule has 1 atom stereocenters. The van der Waals surface area contributed by atoms with E-state index in [0.29, 0.717) is 18.7 Å². The lowest BCUT2D eigenvalue weighted by Gasteiger charge is -2.32. The second-order valence-electron chi connectivity index (χ2n) is 8.75. The Morgan fingerprint density at radius 3 is 2.34 bits per heavy atom. The maximum absolute atomic E-state index is 13.3. The van der Waals surface area contributed by atoms with E-state index in [1.54, 1.807) is 16.7 Å². The van der Waals surface area contributed by atoms with Crippen molar-refractivity contribution in [2.24, 2.45) is 0 Å². The van der Waals surface area contributed by atoms with Crippen molar-refractivity contribution in [3.05, 3.63) is 71.3 Å². The van der Waals surface area contributed by atoms with Crippen LogP contribution in [0.5, 0.6) is 0 Å². The zero-order chi connectivity index (χ0) is 22.8. The molecular weight excluding hydrogens is 416 g/mol. The number of nitrogens with one attached hydrogen (secondary N) is 1. The molecule has 2 aromatic rings. The molecule has 0 radical (unpaired) electrons. The third-order valence-corrected chi connectivity index (χ3v) is 7.14. The fraction of sp³-hybridized carbons (Fsp3) is 0.481. The number of nitrogens with zero attached hydrogens (tertiary/aromatic N) is 1. The van der Waals surface area contributed by atoms with Gasteiger partial charge in [0.05, 0.1) is 5.75 Å². The van der Waals surface area contributed by atoms with Gasteiger partial charge in [0, 0.05) is 18.3 Å². The molecule has 2 aromatic carbocycles. The van der Waals surface area contributed by atoms with Gasteiger partial charge in [0.15, 0.2) is 0 Å². The largest absolute Gasteiger partial charge is 0.352 e. The van der Waals surface area contributed by atoms with E-state index in [4.69, 9.17) is 0 Å². The molecule has 172 valence electrons. The molecule has 5 heteroatoms. The fourth-order valence-corrected chi connectivity index (χ4v) is 5.14. The van der Waals surface area contributed by atoms with E-state index in [0.717, 1.165) is 24.2 Å². The first-order valence-corrected chi connectivity index (χ1v) is 13.0. The standard InChI is InChI=1S/C27H36N2O2S/c1-3-25(27(31)28-24-12-8-5-9-13-24)29(18-22-16-14-21(2)15-17-22)26(30)20-32-19-23-10-6-4-7-11-23/h4,6-7,10-11,14-17,24-25H,3,5,8-9,12-13,18-20H2,1-2H3,(H,28,31)/t25-/m1/s1. The lowest BCUT2D eigenvalue weighted by atomic mass is 9.95. The summed E-state index contributed by atoms with van der Waals surface area (Å²) in [6, 6.07) is 18.2. The average Bonchev–Trinajstić information content (AvgIpc) is 2.81. The van der Waals surface area contributed by atoms with E-state index < -0.39 is 6.04 Å². The summed E-state index contributed by atoms with van der Waals surface area (Å²) < 4.78 is 0. The molecule has 0 bridgehead atoms. The summed E-state index contributed by atoms with van der Waals surface area (Å²) in [5.41, 5.74) is 3.45. The van der Waals surface area contributed by atoms with Crippen LogP contribution in [0.4, 0.5) is 0 Å². The Bertz CT molecular complexity index is 848. The number of thioether (sulfide) groups is 1. The highest BCUT2D eigenvalue weighted by atomic mass is 32.2. The molecule has 0 aromatic heterocycles. The molecular formula is C27H36N2O2S. The number of carbonyl (C=O) groups excluding carboxylic acids is 2. The van der Waals surface area contributed by atoms with Crippen LogP contribution < -0.4 is 5.32 Å². The van der Waals surface area contributed by atoms with E-state index in [1.165, 1.54) is 30.4 Å². The minimum Gasteiger partial charge on any atom is -0.352 e. The zero-order valence-electron chi connectivity index (χ0n) is 19.4. The van der Waals surface area contributed by atoms with E-state index in [2.05, 4.69) is 48.6 Å². The quantitative estimate of drug-likeness (QED) is 0.519. The molecule has 3 rings (SSSR count). The van der Waals surface area contributed by atoms with Gasteiger partial charge in [-0.2, -0.15) is 0 Å². The van der Waals surface area contributed by atoms with Crippen molar-refractivity contribution < 1.29 is 9.59 Å². The lowest BCUT2D eigenvalue weighted by molar-refractivity contribution is -0.139. The summed E-state index contributed by atoms with van der Waals surface area (Å²) in [5.74, 6) is 1.18. The predicted octanol–water partition coefficient (Wildman–Crippen LogP) is 5.48. The summed E-state index contributed by atoms with van der Waals surface area (Å²) in [4.78, 5) is 28.3. The first kappa shape index (κ1) is 24.4. The molecule has 1 fully saturated rings. The van der Waals surface area contributed by atoms with Crippen LogP contribution in [0.3, 0.4) is 0 Å². The Morgan fingerprint density at radius 2 is 1.69 bits per heavy atom. The average molecular weight is 453 g/mol. The summed E-state index contributed by atoms with van der Waals surface area (Å²) in [7, 11) is 0. The SMILES string of the molecule is CC[C@H](C(=O)NC1CCCCC1)N(Cc1ccc(C)cc1)C(=O)CSCc1ccccc1. The number of aryl methyl sites for hydroxylation is 1. The topological polar surface area (TPSA) is 49.4 Å². The monoisotopic (exact) mass is 452 g/mol. The van der Waals surface area contributed by atoms with Crippen LogP contribution in [0, 0.1) is 6.92 Å². The molecule has 4 nitrogen and oxygen atoms in total. The number of hydrogen-bond acceptors (Lipinski definition) is 3. The summed E-state index contributed by atoms with van der Waals surface area (Å²) in [6.07, 6.45) is 6.29. The molecule has 1 aliphatic rings. The van der Waals surface area contributed by atoms with Crippen molar-refractivity contribution >= 4 is 23.6 Å². The van der Waals surface area contributed by atoms with Crippen LogP contribution in [-0.4, -0.2) is 34.6 Å². The van der Waals surface area contributed by atoms with Crippen molar-refractivity contribution in [2.45, 2.75) is 76.8 Å². The molecule has 0 unspecified atom stereocenters. The number of carbonyl (C=O) groups is 2. The maximum atomic E-state index is 13.3. The minimum atomic E-state index is -0.442. The smallest absolute Gasteiger partial charge is 0.243 e. The molecule has 2 amide bonds. The molecule has 1 N–H and O–H groups in total. The van der Waals surface area contributed by atoms with E-state index in [9.17, 15) is 9.59 Å². The van der Waals surface area contributed by atoms with Crippen LogP contribution >= 0.6 is 11.8 Å². The fourth-order valence-electron chi connectivity index (χ4n) is 4.27. The molecule has 1 saturated carbocycles. The van der Waals surface area contributed by atoms with Gasteiger partial charge in [-0.1, -0.05) is 86.3 Å². The number of hydrogen-bond donors (Lipinski definition) is 1. The third-order valence-electron chi connectivity index (χ3n) is 6.15. The summed E-state index contributed by atoms with van der Waals surface area (Å²) in [5, 5.41) is 3.24. The van der Waals surface area contributed by atoms with Gasteiger partial charge in [0.25, 0.3) is 0 Å². The van der Waals surface area contributed by atoms with Crippen LogP contribution in [0.25, 0.3) is 0 Å². The molecule has 0 saturated heterocycles. The molecule has 0 aliphatic heterocycles. The highest BCUT2D eigenvalue weighted by Gasteiger charge is 2.30. The lowest BCUT2D eigenvalue weighted by Crippen LogP contribution is -2.52. The first-order chi connectivity index (χ1) is 15.6. The Balaban J connectivity index is 1.69. The summed E-state index contributed by atoms with van der Waals surface area (Å²) in [6.45, 7) is 4.51. The second-order valence-corrected chi connectivity index (χ2v) is 9.74. The van der Waals surface area contributed by atoms with E-state index >= 15 is 0 Å². The van der Waals surface area contributed by atoms with Crippen molar-refractivity contribution in [1.29, 1.82) is 0 Å². The van der Waals surface area contributed by atoms with Crippen LogP contribution in [0.2, 0.25) is 0 Å². The molecule has 0 spiro atoms. The van der Waals surface area contributed by atoms with E-state index in [1.807, 2.05) is 25.1 Å². The number of rotatable bonds is 10. The maximum Gasteiger partial charge on any atom is 0.243 e.